The van der Waals surface area contributed by atoms with Crippen LogP contribution in [0, 0.1) is 0 Å². The van der Waals surface area contributed by atoms with E-state index in [1.54, 1.807) is 21.0 Å². The number of ketones is 1. The zero-order chi connectivity index (χ0) is 12.2. The van der Waals surface area contributed by atoms with E-state index >= 15 is 0 Å². The van der Waals surface area contributed by atoms with E-state index in [1.165, 1.54) is 0 Å². The van der Waals surface area contributed by atoms with Crippen molar-refractivity contribution in [2.45, 2.75) is 32.2 Å². The summed E-state index contributed by atoms with van der Waals surface area (Å²) in [4.78, 5) is 11.6. The standard InChI is InChI=1S/C13H19NO2/c1-13(2,14)12(15)9-6-10-4-7-11(16-3)8-5-10/h4-5,7-8H,6,9,14H2,1-3H3. The first-order chi connectivity index (χ1) is 7.43. The summed E-state index contributed by atoms with van der Waals surface area (Å²) in [5.74, 6) is 0.914. The van der Waals surface area contributed by atoms with E-state index in [2.05, 4.69) is 0 Å². The maximum atomic E-state index is 11.6. The number of ether oxygens (including phenoxy) is 1. The van der Waals surface area contributed by atoms with Crippen molar-refractivity contribution in [1.82, 2.24) is 0 Å². The first-order valence-corrected chi connectivity index (χ1v) is 5.38. The molecule has 0 amide bonds. The Morgan fingerprint density at radius 2 is 1.88 bits per heavy atom. The Balaban J connectivity index is 2.52. The minimum atomic E-state index is -0.730. The number of carbonyl (C=O) groups is 1. The Bertz CT molecular complexity index is 349. The highest BCUT2D eigenvalue weighted by molar-refractivity contribution is 5.87. The Labute approximate surface area is 96.6 Å². The van der Waals surface area contributed by atoms with Gasteiger partial charge in [-0.2, -0.15) is 0 Å². The fourth-order valence-corrected chi connectivity index (χ4v) is 1.37. The first-order valence-electron chi connectivity index (χ1n) is 5.38. The predicted octanol–water partition coefficient (Wildman–Crippen LogP) is 1.93. The molecule has 0 saturated heterocycles. The van der Waals surface area contributed by atoms with Crippen LogP contribution in [-0.2, 0) is 11.2 Å². The molecular weight excluding hydrogens is 202 g/mol. The van der Waals surface area contributed by atoms with Crippen molar-refractivity contribution in [3.05, 3.63) is 29.8 Å². The van der Waals surface area contributed by atoms with Crippen LogP contribution in [0.5, 0.6) is 5.75 Å². The molecule has 0 aliphatic carbocycles. The topological polar surface area (TPSA) is 52.3 Å². The monoisotopic (exact) mass is 221 g/mol. The molecule has 2 N–H and O–H groups in total. The van der Waals surface area contributed by atoms with Crippen molar-refractivity contribution < 1.29 is 9.53 Å². The quantitative estimate of drug-likeness (QED) is 0.826. The maximum Gasteiger partial charge on any atom is 0.152 e. The van der Waals surface area contributed by atoms with Crippen molar-refractivity contribution in [2.24, 2.45) is 5.73 Å². The highest BCUT2D eigenvalue weighted by Crippen LogP contribution is 2.13. The summed E-state index contributed by atoms with van der Waals surface area (Å²) in [6.45, 7) is 3.48. The van der Waals surface area contributed by atoms with Gasteiger partial charge in [0.25, 0.3) is 0 Å². The largest absolute Gasteiger partial charge is 0.497 e. The summed E-state index contributed by atoms with van der Waals surface area (Å²) in [6, 6.07) is 7.73. The van der Waals surface area contributed by atoms with Crippen molar-refractivity contribution in [3.63, 3.8) is 0 Å². The van der Waals surface area contributed by atoms with Crippen molar-refractivity contribution in [1.29, 1.82) is 0 Å². The Hall–Kier alpha value is -1.35. The Kier molecular flexibility index (Phi) is 4.07. The van der Waals surface area contributed by atoms with E-state index in [9.17, 15) is 4.79 Å². The van der Waals surface area contributed by atoms with Gasteiger partial charge < -0.3 is 10.5 Å². The molecule has 1 aromatic rings. The summed E-state index contributed by atoms with van der Waals surface area (Å²) in [7, 11) is 1.63. The van der Waals surface area contributed by atoms with Gasteiger partial charge in [0.1, 0.15) is 5.75 Å². The van der Waals surface area contributed by atoms with Crippen LogP contribution in [0.2, 0.25) is 0 Å². The number of rotatable bonds is 5. The number of hydrogen-bond donors (Lipinski definition) is 1. The van der Waals surface area contributed by atoms with E-state index in [-0.39, 0.29) is 5.78 Å². The third-order valence-electron chi connectivity index (χ3n) is 2.52. The molecule has 1 rings (SSSR count). The van der Waals surface area contributed by atoms with Gasteiger partial charge in [-0.25, -0.2) is 0 Å². The van der Waals surface area contributed by atoms with E-state index in [4.69, 9.17) is 10.5 Å². The van der Waals surface area contributed by atoms with Crippen LogP contribution >= 0.6 is 0 Å². The molecule has 0 saturated carbocycles. The second kappa shape index (κ2) is 5.12. The van der Waals surface area contributed by atoms with Crippen LogP contribution in [0.3, 0.4) is 0 Å². The summed E-state index contributed by atoms with van der Waals surface area (Å²) < 4.78 is 5.06. The third kappa shape index (κ3) is 3.66. The number of methoxy groups -OCH3 is 1. The predicted molar refractivity (Wildman–Crippen MR) is 64.6 cm³/mol. The molecule has 0 aliphatic heterocycles. The van der Waals surface area contributed by atoms with Gasteiger partial charge in [-0.3, -0.25) is 4.79 Å². The zero-order valence-electron chi connectivity index (χ0n) is 10.1. The lowest BCUT2D eigenvalue weighted by molar-refractivity contribution is -0.123. The van der Waals surface area contributed by atoms with Crippen LogP contribution in [0.1, 0.15) is 25.8 Å². The highest BCUT2D eigenvalue weighted by atomic mass is 16.5. The second-order valence-corrected chi connectivity index (χ2v) is 4.49. The molecule has 88 valence electrons. The zero-order valence-corrected chi connectivity index (χ0v) is 10.1. The van der Waals surface area contributed by atoms with Crippen LogP contribution in [-0.4, -0.2) is 18.4 Å². The highest BCUT2D eigenvalue weighted by Gasteiger charge is 2.20. The average molecular weight is 221 g/mol. The van der Waals surface area contributed by atoms with Gasteiger partial charge in [-0.15, -0.1) is 0 Å². The van der Waals surface area contributed by atoms with Crippen LogP contribution in [0.15, 0.2) is 24.3 Å². The summed E-state index contributed by atoms with van der Waals surface area (Å²) in [5.41, 5.74) is 6.11. The SMILES string of the molecule is COc1ccc(CCC(=O)C(C)(C)N)cc1. The van der Waals surface area contributed by atoms with E-state index in [1.807, 2.05) is 24.3 Å². The fourth-order valence-electron chi connectivity index (χ4n) is 1.37. The first kappa shape index (κ1) is 12.7. The van der Waals surface area contributed by atoms with Crippen LogP contribution in [0.25, 0.3) is 0 Å². The van der Waals surface area contributed by atoms with Gasteiger partial charge in [0.15, 0.2) is 5.78 Å². The van der Waals surface area contributed by atoms with E-state index < -0.39 is 5.54 Å². The summed E-state index contributed by atoms with van der Waals surface area (Å²) in [5, 5.41) is 0. The maximum absolute atomic E-state index is 11.6. The number of nitrogens with two attached hydrogens (primary N) is 1. The molecule has 16 heavy (non-hydrogen) atoms. The third-order valence-corrected chi connectivity index (χ3v) is 2.52. The molecule has 0 atom stereocenters. The molecular formula is C13H19NO2. The molecule has 0 radical (unpaired) electrons. The van der Waals surface area contributed by atoms with E-state index in [0.717, 1.165) is 17.7 Å². The van der Waals surface area contributed by atoms with Crippen LogP contribution in [0.4, 0.5) is 0 Å². The minimum Gasteiger partial charge on any atom is -0.497 e. The molecule has 0 unspecified atom stereocenters. The van der Waals surface area contributed by atoms with E-state index in [0.29, 0.717) is 6.42 Å². The lowest BCUT2D eigenvalue weighted by Gasteiger charge is -2.16. The fraction of sp³-hybridized carbons (Fsp3) is 0.462. The molecule has 0 fully saturated rings. The van der Waals surface area contributed by atoms with Crippen molar-refractivity contribution in [3.8, 4) is 5.75 Å². The van der Waals surface area contributed by atoms with Gasteiger partial charge in [-0.1, -0.05) is 12.1 Å². The number of Topliss-reactive ketones (excluding diaryl/α,β-unsaturated/α-hetero) is 1. The van der Waals surface area contributed by atoms with Gasteiger partial charge in [0.2, 0.25) is 0 Å². The second-order valence-electron chi connectivity index (χ2n) is 4.49. The molecule has 3 heteroatoms. The van der Waals surface area contributed by atoms with Gasteiger partial charge in [0, 0.05) is 6.42 Å². The van der Waals surface area contributed by atoms with Gasteiger partial charge in [-0.05, 0) is 38.0 Å². The number of hydrogen-bond acceptors (Lipinski definition) is 3. The average Bonchev–Trinajstić information content (AvgIpc) is 2.25. The lowest BCUT2D eigenvalue weighted by atomic mass is 9.95. The molecule has 3 nitrogen and oxygen atoms in total. The smallest absolute Gasteiger partial charge is 0.152 e. The number of benzene rings is 1. The molecule has 0 bridgehead atoms. The van der Waals surface area contributed by atoms with Crippen molar-refractivity contribution >= 4 is 5.78 Å². The van der Waals surface area contributed by atoms with Crippen molar-refractivity contribution in [2.75, 3.05) is 7.11 Å². The molecule has 0 aliphatic rings. The number of carbonyl (C=O) groups excluding carboxylic acids is 1. The van der Waals surface area contributed by atoms with Crippen LogP contribution < -0.4 is 10.5 Å². The van der Waals surface area contributed by atoms with Gasteiger partial charge >= 0.3 is 0 Å². The number of aryl methyl sites for hydroxylation is 1. The normalized spacial score (nSPS) is 11.2. The Morgan fingerprint density at radius 3 is 2.31 bits per heavy atom. The molecule has 1 aromatic carbocycles. The summed E-state index contributed by atoms with van der Waals surface area (Å²) in [6.07, 6.45) is 1.21. The lowest BCUT2D eigenvalue weighted by Crippen LogP contribution is -2.41. The molecule has 0 aromatic heterocycles. The summed E-state index contributed by atoms with van der Waals surface area (Å²) >= 11 is 0. The molecule has 0 spiro atoms. The Morgan fingerprint density at radius 1 is 1.31 bits per heavy atom. The van der Waals surface area contributed by atoms with Gasteiger partial charge in [0.05, 0.1) is 12.6 Å². The molecule has 0 heterocycles. The minimum absolute atomic E-state index is 0.0864.